The number of piperidine rings is 1. The number of nitrogens with zero attached hydrogens (tertiary/aromatic N) is 6. The lowest BCUT2D eigenvalue weighted by molar-refractivity contribution is 0.0866. The van der Waals surface area contributed by atoms with Gasteiger partial charge in [-0.2, -0.15) is 5.26 Å². The van der Waals surface area contributed by atoms with Crippen LogP contribution in [0.5, 0.6) is 0 Å². The number of anilines is 3. The van der Waals surface area contributed by atoms with Gasteiger partial charge < -0.3 is 10.6 Å². The van der Waals surface area contributed by atoms with Gasteiger partial charge >= 0.3 is 0 Å². The SMILES string of the molecule is CC(C)(C)N1CCC(n2cc(C(Nc3cc(Cl)c4ncc(C#N)c(Nc5ccc(F)c(Cl)c5)c4c3)c3csc4ccccc34)nn2)CC1. The van der Waals surface area contributed by atoms with Gasteiger partial charge in [-0.05, 0) is 86.3 Å². The topological polar surface area (TPSA) is 94.7 Å². The lowest BCUT2D eigenvalue weighted by atomic mass is 9.98. The first kappa shape index (κ1) is 32.3. The number of aromatic nitrogens is 4. The number of pyridine rings is 1. The van der Waals surface area contributed by atoms with Crippen LogP contribution in [0.25, 0.3) is 21.0 Å². The first-order valence-electron chi connectivity index (χ1n) is 15.7. The van der Waals surface area contributed by atoms with E-state index < -0.39 is 5.82 Å². The maximum atomic E-state index is 13.9. The van der Waals surface area contributed by atoms with Gasteiger partial charge in [0.15, 0.2) is 0 Å². The molecule has 0 aliphatic carbocycles. The Labute approximate surface area is 292 Å². The molecule has 0 radical (unpaired) electrons. The van der Waals surface area contributed by atoms with Crippen molar-refractivity contribution in [2.45, 2.75) is 51.2 Å². The van der Waals surface area contributed by atoms with E-state index in [1.165, 1.54) is 23.0 Å². The molecule has 48 heavy (non-hydrogen) atoms. The van der Waals surface area contributed by atoms with E-state index in [2.05, 4.69) is 76.3 Å². The Morgan fingerprint density at radius 3 is 2.54 bits per heavy atom. The predicted octanol–water partition coefficient (Wildman–Crippen LogP) is 9.74. The van der Waals surface area contributed by atoms with Crippen molar-refractivity contribution in [1.82, 2.24) is 24.9 Å². The van der Waals surface area contributed by atoms with Crippen LogP contribution in [0.1, 0.15) is 62.5 Å². The van der Waals surface area contributed by atoms with Crippen LogP contribution in [-0.2, 0) is 0 Å². The van der Waals surface area contributed by atoms with Crippen molar-refractivity contribution < 1.29 is 4.39 Å². The summed E-state index contributed by atoms with van der Waals surface area (Å²) < 4.78 is 17.1. The average molecular weight is 700 g/mol. The molecule has 3 aromatic carbocycles. The zero-order chi connectivity index (χ0) is 33.6. The number of rotatable bonds is 7. The molecule has 1 aliphatic rings. The Morgan fingerprint density at radius 1 is 1.02 bits per heavy atom. The van der Waals surface area contributed by atoms with Gasteiger partial charge in [0.05, 0.1) is 45.1 Å². The van der Waals surface area contributed by atoms with Crippen LogP contribution >= 0.6 is 34.5 Å². The van der Waals surface area contributed by atoms with Crippen LogP contribution in [0, 0.1) is 17.1 Å². The molecule has 0 spiro atoms. The highest BCUT2D eigenvalue weighted by Crippen LogP contribution is 2.39. The first-order chi connectivity index (χ1) is 23.1. The van der Waals surface area contributed by atoms with Crippen molar-refractivity contribution in [2.24, 2.45) is 0 Å². The minimum atomic E-state index is -0.531. The first-order valence-corrected chi connectivity index (χ1v) is 17.4. The van der Waals surface area contributed by atoms with Crippen molar-refractivity contribution in [3.8, 4) is 6.07 Å². The van der Waals surface area contributed by atoms with Gasteiger partial charge in [-0.25, -0.2) is 9.07 Å². The van der Waals surface area contributed by atoms with E-state index in [1.54, 1.807) is 17.4 Å². The molecule has 0 bridgehead atoms. The number of nitrogens with one attached hydrogen (secondary N) is 2. The molecule has 8 nitrogen and oxygen atoms in total. The molecule has 7 rings (SSSR count). The van der Waals surface area contributed by atoms with Gasteiger partial charge in [0.1, 0.15) is 17.6 Å². The third-order valence-corrected chi connectivity index (χ3v) is 10.5. The third kappa shape index (κ3) is 6.31. The number of nitriles is 1. The number of benzene rings is 3. The number of hydrogen-bond acceptors (Lipinski definition) is 8. The van der Waals surface area contributed by atoms with E-state index >= 15 is 0 Å². The summed E-state index contributed by atoms with van der Waals surface area (Å²) in [6, 6.07) is 18.5. The fourth-order valence-corrected chi connectivity index (χ4v) is 7.82. The van der Waals surface area contributed by atoms with Crippen molar-refractivity contribution in [1.29, 1.82) is 5.26 Å². The van der Waals surface area contributed by atoms with Crippen molar-refractivity contribution >= 4 is 72.6 Å². The number of thiophene rings is 1. The number of likely N-dealkylation sites (tertiary alicyclic amines) is 1. The molecule has 1 fully saturated rings. The lowest BCUT2D eigenvalue weighted by Gasteiger charge is -2.40. The molecule has 1 aliphatic heterocycles. The van der Waals surface area contributed by atoms with E-state index in [0.29, 0.717) is 38.6 Å². The molecule has 3 aromatic heterocycles. The summed E-state index contributed by atoms with van der Waals surface area (Å²) in [5, 5.41) is 30.6. The lowest BCUT2D eigenvalue weighted by Crippen LogP contribution is -2.46. The van der Waals surface area contributed by atoms with Crippen LogP contribution in [0.3, 0.4) is 0 Å². The summed E-state index contributed by atoms with van der Waals surface area (Å²) in [5.41, 5.74) is 4.53. The van der Waals surface area contributed by atoms with E-state index in [0.717, 1.165) is 42.6 Å². The van der Waals surface area contributed by atoms with Gasteiger partial charge in [0.25, 0.3) is 0 Å². The Balaban J connectivity index is 1.28. The second-order valence-electron chi connectivity index (χ2n) is 13.0. The number of fused-ring (bicyclic) bond motifs is 2. The average Bonchev–Trinajstić information content (AvgIpc) is 3.74. The highest BCUT2D eigenvalue weighted by molar-refractivity contribution is 7.17. The quantitative estimate of drug-likeness (QED) is 0.171. The molecule has 244 valence electrons. The van der Waals surface area contributed by atoms with Crippen LogP contribution in [0.4, 0.5) is 21.5 Å². The zero-order valence-electron chi connectivity index (χ0n) is 26.6. The van der Waals surface area contributed by atoms with Crippen LogP contribution in [0.2, 0.25) is 10.0 Å². The monoisotopic (exact) mass is 698 g/mol. The smallest absolute Gasteiger partial charge is 0.141 e. The molecule has 6 aromatic rings. The molecule has 0 saturated carbocycles. The van der Waals surface area contributed by atoms with Gasteiger partial charge in [0.2, 0.25) is 0 Å². The fourth-order valence-electron chi connectivity index (χ4n) is 6.38. The summed E-state index contributed by atoms with van der Waals surface area (Å²) in [4.78, 5) is 7.02. The van der Waals surface area contributed by atoms with Gasteiger partial charge in [-0.1, -0.05) is 46.6 Å². The Bertz CT molecular complexity index is 2180. The second-order valence-corrected chi connectivity index (χ2v) is 14.8. The summed E-state index contributed by atoms with van der Waals surface area (Å²) in [7, 11) is 0. The van der Waals surface area contributed by atoms with Gasteiger partial charge in [0, 0.05) is 46.3 Å². The molecular weight excluding hydrogens is 666 g/mol. The van der Waals surface area contributed by atoms with Crippen LogP contribution in [-0.4, -0.2) is 43.5 Å². The highest BCUT2D eigenvalue weighted by atomic mass is 35.5. The van der Waals surface area contributed by atoms with E-state index in [-0.39, 0.29) is 22.6 Å². The highest BCUT2D eigenvalue weighted by Gasteiger charge is 2.29. The fraction of sp³-hybridized carbons (Fsp3) is 0.278. The van der Waals surface area contributed by atoms with E-state index in [9.17, 15) is 9.65 Å². The van der Waals surface area contributed by atoms with Crippen LogP contribution < -0.4 is 10.6 Å². The Kier molecular flexibility index (Phi) is 8.73. The Morgan fingerprint density at radius 2 is 1.79 bits per heavy atom. The minimum Gasteiger partial charge on any atom is -0.373 e. The van der Waals surface area contributed by atoms with Crippen LogP contribution in [0.15, 0.2) is 72.4 Å². The molecule has 0 amide bonds. The maximum absolute atomic E-state index is 13.9. The van der Waals surface area contributed by atoms with E-state index in [1.807, 2.05) is 28.9 Å². The molecule has 1 saturated heterocycles. The standard InChI is InChI=1S/C36H33Cl2FN8S/c1-36(2,3)46-12-10-24(11-13-46)47-19-31(44-45-47)35(27-20-48-32-7-5-4-6-25(27)32)43-23-14-26-33(42-22-8-9-30(39)28(37)15-22)21(17-40)18-41-34(26)29(38)16-23/h4-9,14-16,18-20,24,35,43H,10-13H2,1-3H3,(H,41,42). The predicted molar refractivity (Wildman–Crippen MR) is 193 cm³/mol. The minimum absolute atomic E-state index is 0.0316. The number of hydrogen-bond donors (Lipinski definition) is 2. The largest absolute Gasteiger partial charge is 0.373 e. The molecular formula is C36H33Cl2FN8S. The molecule has 2 N–H and O–H groups in total. The van der Waals surface area contributed by atoms with Crippen molar-refractivity contribution in [3.63, 3.8) is 0 Å². The maximum Gasteiger partial charge on any atom is 0.141 e. The van der Waals surface area contributed by atoms with Gasteiger partial charge in [-0.15, -0.1) is 16.4 Å². The summed E-state index contributed by atoms with van der Waals surface area (Å²) in [6.07, 6.45) is 5.54. The molecule has 4 heterocycles. The zero-order valence-corrected chi connectivity index (χ0v) is 29.0. The number of halogens is 3. The Hall–Kier alpha value is -4.27. The van der Waals surface area contributed by atoms with Gasteiger partial charge in [-0.3, -0.25) is 9.88 Å². The van der Waals surface area contributed by atoms with Crippen molar-refractivity contribution in [2.75, 3.05) is 23.7 Å². The van der Waals surface area contributed by atoms with E-state index in [4.69, 9.17) is 28.3 Å². The second kappa shape index (κ2) is 13.0. The summed E-state index contributed by atoms with van der Waals surface area (Å²) in [6.45, 7) is 8.80. The van der Waals surface area contributed by atoms with Crippen molar-refractivity contribution in [3.05, 3.63) is 105 Å². The summed E-state index contributed by atoms with van der Waals surface area (Å²) >= 11 is 14.6. The summed E-state index contributed by atoms with van der Waals surface area (Å²) in [5.74, 6) is -0.531. The molecule has 1 atom stereocenters. The molecule has 1 unspecified atom stereocenters. The normalized spacial score (nSPS) is 15.1. The molecule has 12 heteroatoms. The third-order valence-electron chi connectivity index (χ3n) is 8.98.